The topological polar surface area (TPSA) is 47.3 Å². The molecule has 4 heteroatoms. The molecule has 1 amide bonds. The number of nitrogens with zero attached hydrogens (tertiary/aromatic N) is 3. The zero-order valence-electron chi connectivity index (χ0n) is 13.6. The third-order valence-electron chi connectivity index (χ3n) is 4.34. The number of rotatable bonds is 5. The lowest BCUT2D eigenvalue weighted by molar-refractivity contribution is 0.0683. The van der Waals surface area contributed by atoms with Crippen molar-refractivity contribution in [3.63, 3.8) is 0 Å². The molecule has 1 aliphatic rings. The van der Waals surface area contributed by atoms with Crippen molar-refractivity contribution in [2.24, 2.45) is 5.92 Å². The second-order valence-corrected chi connectivity index (χ2v) is 6.36. The van der Waals surface area contributed by atoms with Crippen LogP contribution in [0.25, 0.3) is 0 Å². The molecule has 1 heterocycles. The van der Waals surface area contributed by atoms with Crippen LogP contribution < -0.4 is 0 Å². The summed E-state index contributed by atoms with van der Waals surface area (Å²) < 4.78 is 0. The van der Waals surface area contributed by atoms with Crippen LogP contribution in [-0.2, 0) is 6.42 Å². The summed E-state index contributed by atoms with van der Waals surface area (Å²) in [4.78, 5) is 16.7. The molecule has 0 radical (unpaired) electrons. The minimum Gasteiger partial charge on any atom is -0.339 e. The molecule has 0 saturated carbocycles. The molecule has 4 nitrogen and oxygen atoms in total. The van der Waals surface area contributed by atoms with Crippen LogP contribution in [0.3, 0.4) is 0 Å². The normalized spacial score (nSPS) is 15.8. The van der Waals surface area contributed by atoms with Gasteiger partial charge in [-0.3, -0.25) is 4.79 Å². The molecular weight excluding hydrogens is 274 g/mol. The highest BCUT2D eigenvalue weighted by Gasteiger charge is 2.23. The van der Waals surface area contributed by atoms with Crippen molar-refractivity contribution in [3.8, 4) is 6.07 Å². The van der Waals surface area contributed by atoms with Crippen molar-refractivity contribution in [3.05, 3.63) is 35.4 Å². The average molecular weight is 299 g/mol. The van der Waals surface area contributed by atoms with Gasteiger partial charge in [0.05, 0.1) is 12.5 Å². The predicted octanol–water partition coefficient (Wildman–Crippen LogP) is 2.56. The van der Waals surface area contributed by atoms with Crippen molar-refractivity contribution in [2.45, 2.75) is 25.7 Å². The largest absolute Gasteiger partial charge is 0.339 e. The second kappa shape index (κ2) is 7.95. The third kappa shape index (κ3) is 4.57. The van der Waals surface area contributed by atoms with Gasteiger partial charge >= 0.3 is 0 Å². The van der Waals surface area contributed by atoms with E-state index in [1.54, 1.807) is 0 Å². The van der Waals surface area contributed by atoms with Gasteiger partial charge in [0.1, 0.15) is 0 Å². The first-order valence-corrected chi connectivity index (χ1v) is 8.00. The van der Waals surface area contributed by atoms with Crippen LogP contribution in [0.1, 0.15) is 35.2 Å². The summed E-state index contributed by atoms with van der Waals surface area (Å²) in [5, 5.41) is 8.77. The van der Waals surface area contributed by atoms with Crippen LogP contribution in [0.2, 0.25) is 0 Å². The molecule has 1 saturated heterocycles. The van der Waals surface area contributed by atoms with Gasteiger partial charge < -0.3 is 9.80 Å². The van der Waals surface area contributed by atoms with E-state index in [2.05, 4.69) is 25.1 Å². The van der Waals surface area contributed by atoms with Crippen LogP contribution in [0.5, 0.6) is 0 Å². The number of amides is 1. The monoisotopic (exact) mass is 299 g/mol. The fraction of sp³-hybridized carbons (Fsp3) is 0.556. The zero-order chi connectivity index (χ0) is 15.9. The molecule has 1 aliphatic heterocycles. The number of hydrogen-bond donors (Lipinski definition) is 0. The maximum atomic E-state index is 12.6. The van der Waals surface area contributed by atoms with Gasteiger partial charge in [-0.15, -0.1) is 0 Å². The first-order chi connectivity index (χ1) is 10.6. The van der Waals surface area contributed by atoms with Crippen LogP contribution in [0.15, 0.2) is 24.3 Å². The third-order valence-corrected chi connectivity index (χ3v) is 4.34. The Labute approximate surface area is 133 Å². The van der Waals surface area contributed by atoms with Crippen LogP contribution in [0.4, 0.5) is 0 Å². The summed E-state index contributed by atoms with van der Waals surface area (Å²) in [6.07, 6.45) is 3.76. The molecular formula is C18H25N3O. The Morgan fingerprint density at radius 2 is 2.09 bits per heavy atom. The maximum Gasteiger partial charge on any atom is 0.253 e. The molecule has 1 aromatic carbocycles. The Morgan fingerprint density at radius 3 is 2.73 bits per heavy atom. The van der Waals surface area contributed by atoms with Crippen molar-refractivity contribution in [2.75, 3.05) is 33.7 Å². The molecule has 0 aliphatic carbocycles. The summed E-state index contributed by atoms with van der Waals surface area (Å²) in [6, 6.07) is 9.59. The van der Waals surface area contributed by atoms with E-state index in [9.17, 15) is 4.79 Å². The Bertz CT molecular complexity index is 540. The zero-order valence-corrected chi connectivity index (χ0v) is 13.6. The van der Waals surface area contributed by atoms with Gasteiger partial charge in [0.2, 0.25) is 0 Å². The van der Waals surface area contributed by atoms with Gasteiger partial charge in [-0.25, -0.2) is 0 Å². The first kappa shape index (κ1) is 16.5. The minimum absolute atomic E-state index is 0.103. The molecule has 22 heavy (non-hydrogen) atoms. The van der Waals surface area contributed by atoms with Crippen LogP contribution in [0, 0.1) is 17.2 Å². The first-order valence-electron chi connectivity index (χ1n) is 8.00. The summed E-state index contributed by atoms with van der Waals surface area (Å²) in [7, 11) is 4.21. The van der Waals surface area contributed by atoms with Gasteiger partial charge in [-0.05, 0) is 63.5 Å². The van der Waals surface area contributed by atoms with E-state index in [0.29, 0.717) is 12.0 Å². The summed E-state index contributed by atoms with van der Waals surface area (Å²) in [5.74, 6) is 0.835. The number of nitriles is 1. The van der Waals surface area contributed by atoms with Crippen molar-refractivity contribution >= 4 is 5.91 Å². The van der Waals surface area contributed by atoms with E-state index in [1.807, 2.05) is 29.2 Å². The van der Waals surface area contributed by atoms with Gasteiger partial charge in [0, 0.05) is 18.7 Å². The molecule has 0 bridgehead atoms. The van der Waals surface area contributed by atoms with Crippen molar-refractivity contribution < 1.29 is 4.79 Å². The highest BCUT2D eigenvalue weighted by Crippen LogP contribution is 2.22. The van der Waals surface area contributed by atoms with Gasteiger partial charge in [0.25, 0.3) is 5.91 Å². The number of carbonyl (C=O) groups excluding carboxylic acids is 1. The Kier molecular flexibility index (Phi) is 5.97. The number of carbonyl (C=O) groups is 1. The van der Waals surface area contributed by atoms with E-state index in [-0.39, 0.29) is 5.91 Å². The van der Waals surface area contributed by atoms with E-state index < -0.39 is 0 Å². The molecule has 0 unspecified atom stereocenters. The van der Waals surface area contributed by atoms with Gasteiger partial charge in [0.15, 0.2) is 0 Å². The smallest absolute Gasteiger partial charge is 0.253 e. The summed E-state index contributed by atoms with van der Waals surface area (Å²) >= 11 is 0. The summed E-state index contributed by atoms with van der Waals surface area (Å²) in [5.41, 5.74) is 1.62. The van der Waals surface area contributed by atoms with Gasteiger partial charge in [-0.2, -0.15) is 5.26 Å². The molecule has 1 fully saturated rings. The molecule has 0 atom stereocenters. The number of piperidine rings is 1. The SMILES string of the molecule is CN(C)CCC1CCN(C(=O)c2cccc(CC#N)c2)CC1. The van der Waals surface area contributed by atoms with Crippen molar-refractivity contribution in [1.82, 2.24) is 9.80 Å². The highest BCUT2D eigenvalue weighted by molar-refractivity contribution is 5.94. The molecule has 2 rings (SSSR count). The Morgan fingerprint density at radius 1 is 1.36 bits per heavy atom. The second-order valence-electron chi connectivity index (χ2n) is 6.36. The fourth-order valence-corrected chi connectivity index (χ4v) is 2.95. The molecule has 0 spiro atoms. The molecule has 118 valence electrons. The lowest BCUT2D eigenvalue weighted by Crippen LogP contribution is -2.39. The number of hydrogen-bond acceptors (Lipinski definition) is 3. The van der Waals surface area contributed by atoms with Crippen molar-refractivity contribution in [1.29, 1.82) is 5.26 Å². The quantitative estimate of drug-likeness (QED) is 0.839. The van der Waals surface area contributed by atoms with E-state index in [1.165, 1.54) is 6.42 Å². The average Bonchev–Trinajstić information content (AvgIpc) is 2.53. The van der Waals surface area contributed by atoms with Gasteiger partial charge in [-0.1, -0.05) is 12.1 Å². The predicted molar refractivity (Wildman–Crippen MR) is 87.6 cm³/mol. The summed E-state index contributed by atoms with van der Waals surface area (Å²) in [6.45, 7) is 2.81. The molecule has 0 N–H and O–H groups in total. The Balaban J connectivity index is 1.89. The standard InChI is InChI=1S/C18H25N3O/c1-20(2)11-7-15-8-12-21(13-9-15)18(22)17-5-3-4-16(14-17)6-10-19/h3-5,14-15H,6-9,11-13H2,1-2H3. The lowest BCUT2D eigenvalue weighted by Gasteiger charge is -2.32. The van der Waals surface area contributed by atoms with Crippen LogP contribution in [-0.4, -0.2) is 49.4 Å². The minimum atomic E-state index is 0.103. The van der Waals surface area contributed by atoms with Crippen LogP contribution >= 0.6 is 0 Å². The Hall–Kier alpha value is -1.86. The number of likely N-dealkylation sites (tertiary alicyclic amines) is 1. The molecule has 1 aromatic rings. The van der Waals surface area contributed by atoms with E-state index in [0.717, 1.165) is 44.0 Å². The van der Waals surface area contributed by atoms with E-state index in [4.69, 9.17) is 5.26 Å². The highest BCUT2D eigenvalue weighted by atomic mass is 16.2. The lowest BCUT2D eigenvalue weighted by atomic mass is 9.93. The van der Waals surface area contributed by atoms with E-state index >= 15 is 0 Å². The number of benzene rings is 1. The fourth-order valence-electron chi connectivity index (χ4n) is 2.95. The maximum absolute atomic E-state index is 12.6. The molecule has 0 aromatic heterocycles.